The minimum absolute atomic E-state index is 0.0373. The van der Waals surface area contributed by atoms with Gasteiger partial charge in [-0.1, -0.05) is 62.4 Å². The predicted octanol–water partition coefficient (Wildman–Crippen LogP) is 7.71. The molecule has 0 spiro atoms. The molecule has 1 aliphatic heterocycles. The Bertz CT molecular complexity index is 1770. The molecule has 0 radical (unpaired) electrons. The number of halogens is 2. The molecular weight excluding hydrogens is 550 g/mol. The van der Waals surface area contributed by atoms with Gasteiger partial charge in [0.15, 0.2) is 5.78 Å². The first-order chi connectivity index (χ1) is 20.6. The van der Waals surface area contributed by atoms with Gasteiger partial charge in [-0.25, -0.2) is 8.78 Å². The van der Waals surface area contributed by atoms with Crippen molar-refractivity contribution in [1.82, 2.24) is 0 Å². The summed E-state index contributed by atoms with van der Waals surface area (Å²) in [5.74, 6) is -2.42. The molecule has 0 bridgehead atoms. The molecule has 8 heteroatoms. The number of anilines is 2. The number of hydrogen-bond acceptors (Lipinski definition) is 5. The molecule has 2 aliphatic rings. The fourth-order valence-corrected chi connectivity index (χ4v) is 5.89. The molecule has 1 aliphatic carbocycles. The number of allylic oxidation sites excluding steroid dienone is 1. The highest BCUT2D eigenvalue weighted by Crippen LogP contribution is 2.51. The van der Waals surface area contributed by atoms with Gasteiger partial charge >= 0.3 is 0 Å². The van der Waals surface area contributed by atoms with Gasteiger partial charge < -0.3 is 15.2 Å². The number of nitrogens with one attached hydrogen (secondary N) is 1. The molecule has 1 unspecified atom stereocenters. The molecule has 43 heavy (non-hydrogen) atoms. The zero-order valence-electron chi connectivity index (χ0n) is 23.7. The number of carbonyl (C=O) groups is 2. The van der Waals surface area contributed by atoms with Gasteiger partial charge in [0, 0.05) is 29.3 Å². The Morgan fingerprint density at radius 2 is 1.70 bits per heavy atom. The van der Waals surface area contributed by atoms with Gasteiger partial charge in [0.25, 0.3) is 5.91 Å². The fraction of sp³-hybridized carbons (Fsp3) is 0.200. The Morgan fingerprint density at radius 1 is 0.953 bits per heavy atom. The van der Waals surface area contributed by atoms with E-state index in [1.54, 1.807) is 18.2 Å². The third-order valence-corrected chi connectivity index (χ3v) is 7.85. The molecule has 0 fully saturated rings. The van der Waals surface area contributed by atoms with Crippen LogP contribution >= 0.6 is 0 Å². The summed E-state index contributed by atoms with van der Waals surface area (Å²) in [7, 11) is 0. The molecule has 1 atom stereocenters. The number of hydrogen-bond donors (Lipinski definition) is 2. The lowest BCUT2D eigenvalue weighted by molar-refractivity contribution is -0.118. The second-order valence-corrected chi connectivity index (χ2v) is 11.6. The van der Waals surface area contributed by atoms with Gasteiger partial charge in [0.1, 0.15) is 35.4 Å². The van der Waals surface area contributed by atoms with E-state index in [0.29, 0.717) is 12.1 Å². The normalized spacial score (nSPS) is 17.4. The molecule has 0 saturated heterocycles. The van der Waals surface area contributed by atoms with Crippen molar-refractivity contribution in [3.63, 3.8) is 0 Å². The van der Waals surface area contributed by atoms with E-state index in [4.69, 9.17) is 4.74 Å². The minimum Gasteiger partial charge on any atom is -0.506 e. The maximum Gasteiger partial charge on any atom is 0.262 e. The summed E-state index contributed by atoms with van der Waals surface area (Å²) in [4.78, 5) is 29.4. The highest BCUT2D eigenvalue weighted by molar-refractivity contribution is 6.12. The van der Waals surface area contributed by atoms with Crippen molar-refractivity contribution in [2.45, 2.75) is 39.3 Å². The number of amides is 1. The van der Waals surface area contributed by atoms with Crippen LogP contribution in [0, 0.1) is 17.0 Å². The van der Waals surface area contributed by atoms with Gasteiger partial charge in [-0.15, -0.1) is 0 Å². The van der Waals surface area contributed by atoms with Crippen LogP contribution in [-0.2, 0) is 11.4 Å². The van der Waals surface area contributed by atoms with Crippen LogP contribution in [0.1, 0.15) is 54.2 Å². The van der Waals surface area contributed by atoms with E-state index >= 15 is 8.78 Å². The van der Waals surface area contributed by atoms with Crippen LogP contribution in [0.2, 0.25) is 0 Å². The number of fused-ring (bicyclic) bond motifs is 1. The van der Waals surface area contributed by atoms with Gasteiger partial charge in [-0.3, -0.25) is 14.5 Å². The maximum absolute atomic E-state index is 16.2. The first-order valence-corrected chi connectivity index (χ1v) is 14.0. The number of nitrogens with zero attached hydrogens (tertiary/aromatic N) is 1. The number of aromatic hydroxyl groups is 1. The third kappa shape index (κ3) is 5.36. The van der Waals surface area contributed by atoms with E-state index in [0.717, 1.165) is 5.56 Å². The largest absolute Gasteiger partial charge is 0.506 e. The smallest absolute Gasteiger partial charge is 0.262 e. The van der Waals surface area contributed by atoms with Crippen LogP contribution in [0.5, 0.6) is 11.5 Å². The maximum atomic E-state index is 16.2. The molecule has 6 nitrogen and oxygen atoms in total. The number of ether oxygens (including phenoxy) is 1. The molecule has 4 aromatic carbocycles. The zero-order chi connectivity index (χ0) is 30.3. The van der Waals surface area contributed by atoms with Gasteiger partial charge in [-0.2, -0.15) is 0 Å². The molecule has 218 valence electrons. The number of phenolic OH excluding ortho intramolecular Hbond substituents is 1. The summed E-state index contributed by atoms with van der Waals surface area (Å²) in [5, 5.41) is 14.1. The Balaban J connectivity index is 1.54. The molecular formula is C35H30F2N2O4. The number of carbonyl (C=O) groups excluding carboxylic acids is 2. The Morgan fingerprint density at radius 3 is 2.44 bits per heavy atom. The standard InChI is InChI=1S/C35H30F2N2O4/c1-35(2)18-27-31(30(41)19-35)33(23-16-15-22(17-26(23)37)43-20-21-9-4-3-5-10-21)39(28-13-8-14-29(40)32(28)38-27)34(42)24-11-6-7-12-25(24)36/h3-17,33,38,40H,18-20H2,1-2H3. The molecule has 2 N–H and O–H groups in total. The summed E-state index contributed by atoms with van der Waals surface area (Å²) >= 11 is 0. The summed E-state index contributed by atoms with van der Waals surface area (Å²) in [6.07, 6.45) is 0.563. The first-order valence-electron chi connectivity index (χ1n) is 14.0. The molecule has 0 saturated carbocycles. The quantitative estimate of drug-likeness (QED) is 0.237. The van der Waals surface area contributed by atoms with Crippen molar-refractivity contribution in [2.75, 3.05) is 10.2 Å². The Hall–Kier alpha value is -4.98. The first kappa shape index (κ1) is 28.2. The number of rotatable bonds is 5. The van der Waals surface area contributed by atoms with Gasteiger partial charge in [0.2, 0.25) is 0 Å². The fourth-order valence-electron chi connectivity index (χ4n) is 5.89. The van der Waals surface area contributed by atoms with Crippen molar-refractivity contribution < 1.29 is 28.2 Å². The number of Topliss-reactive ketones (excluding diaryl/α,β-unsaturated/α-hetero) is 1. The highest BCUT2D eigenvalue weighted by Gasteiger charge is 2.45. The van der Waals surface area contributed by atoms with Crippen molar-refractivity contribution in [1.29, 1.82) is 0 Å². The Kier molecular flexibility index (Phi) is 7.22. The zero-order valence-corrected chi connectivity index (χ0v) is 23.7. The van der Waals surface area contributed by atoms with E-state index in [-0.39, 0.29) is 58.4 Å². The minimum atomic E-state index is -1.26. The molecule has 6 rings (SSSR count). The molecule has 1 heterocycles. The number of ketones is 1. The van der Waals surface area contributed by atoms with E-state index in [1.807, 2.05) is 44.2 Å². The van der Waals surface area contributed by atoms with Crippen LogP contribution in [0.3, 0.4) is 0 Å². The average Bonchev–Trinajstić information content (AvgIpc) is 3.11. The van der Waals surface area contributed by atoms with Crippen LogP contribution < -0.4 is 15.0 Å². The van der Waals surface area contributed by atoms with Crippen LogP contribution in [0.25, 0.3) is 0 Å². The SMILES string of the molecule is CC1(C)CC(=O)C2=C(C1)Nc1c(O)cccc1N(C(=O)c1ccccc1F)C2c1ccc(OCc2ccccc2)cc1F. The molecule has 0 aromatic heterocycles. The van der Waals surface area contributed by atoms with Crippen molar-refractivity contribution in [2.24, 2.45) is 5.41 Å². The van der Waals surface area contributed by atoms with Gasteiger partial charge in [-0.05, 0) is 53.8 Å². The van der Waals surface area contributed by atoms with Crippen LogP contribution in [0.15, 0.2) is 102 Å². The highest BCUT2D eigenvalue weighted by atomic mass is 19.1. The second-order valence-electron chi connectivity index (χ2n) is 11.6. The van der Waals surface area contributed by atoms with Crippen molar-refractivity contribution in [3.8, 4) is 11.5 Å². The average molecular weight is 581 g/mol. The molecule has 1 amide bonds. The number of para-hydroxylation sites is 1. The van der Waals surface area contributed by atoms with Crippen LogP contribution in [0.4, 0.5) is 20.2 Å². The summed E-state index contributed by atoms with van der Waals surface area (Å²) in [6.45, 7) is 4.12. The monoisotopic (exact) mass is 580 g/mol. The lowest BCUT2D eigenvalue weighted by atomic mass is 9.73. The van der Waals surface area contributed by atoms with Crippen molar-refractivity contribution >= 4 is 23.1 Å². The number of phenols is 1. The third-order valence-electron chi connectivity index (χ3n) is 7.85. The number of benzene rings is 4. The van der Waals surface area contributed by atoms with E-state index in [2.05, 4.69) is 5.32 Å². The van der Waals surface area contributed by atoms with Crippen molar-refractivity contribution in [3.05, 3.63) is 131 Å². The Labute approximate surface area is 248 Å². The second kappa shape index (κ2) is 11.0. The molecule has 4 aromatic rings. The lowest BCUT2D eigenvalue weighted by Gasteiger charge is -2.37. The van der Waals surface area contributed by atoms with Crippen LogP contribution in [-0.4, -0.2) is 16.8 Å². The predicted molar refractivity (Wildman–Crippen MR) is 160 cm³/mol. The van der Waals surface area contributed by atoms with Gasteiger partial charge in [0.05, 0.1) is 17.3 Å². The topological polar surface area (TPSA) is 78.9 Å². The summed E-state index contributed by atoms with van der Waals surface area (Å²) in [6, 6.07) is 22.6. The lowest BCUT2D eigenvalue weighted by Crippen LogP contribution is -2.40. The summed E-state index contributed by atoms with van der Waals surface area (Å²) in [5.41, 5.74) is 1.28. The summed E-state index contributed by atoms with van der Waals surface area (Å²) < 4.78 is 37.1. The van der Waals surface area contributed by atoms with E-state index in [1.165, 1.54) is 47.4 Å². The van der Waals surface area contributed by atoms with E-state index < -0.39 is 29.0 Å². The van der Waals surface area contributed by atoms with E-state index in [9.17, 15) is 14.7 Å².